The van der Waals surface area contributed by atoms with Crippen LogP contribution in [0, 0.1) is 5.92 Å². The molecule has 2 atom stereocenters. The molecular formula is C17H20F3N3O3. The van der Waals surface area contributed by atoms with Crippen molar-refractivity contribution in [3.8, 4) is 5.75 Å². The molecule has 3 N–H and O–H groups in total. The Labute approximate surface area is 148 Å². The average Bonchev–Trinajstić information content (AvgIpc) is 3.47. The molecule has 0 aliphatic heterocycles. The highest BCUT2D eigenvalue weighted by Crippen LogP contribution is 2.44. The summed E-state index contributed by atoms with van der Waals surface area (Å²) in [7, 11) is 0. The summed E-state index contributed by atoms with van der Waals surface area (Å²) in [6.07, 6.45) is -0.496. The van der Waals surface area contributed by atoms with Crippen LogP contribution in [0.3, 0.4) is 0 Å². The molecule has 1 amide bonds. The minimum absolute atomic E-state index is 0.00374. The van der Waals surface area contributed by atoms with Crippen molar-refractivity contribution in [2.45, 2.75) is 43.8 Å². The first kappa shape index (κ1) is 18.6. The number of alkyl halides is 3. The van der Waals surface area contributed by atoms with Gasteiger partial charge in [-0.05, 0) is 25.2 Å². The number of carbonyl (C=O) groups excluding carboxylic acids is 2. The minimum Gasteiger partial charge on any atom is -0.484 e. The molecule has 2 saturated carbocycles. The second-order valence-corrected chi connectivity index (χ2v) is 6.76. The van der Waals surface area contributed by atoms with Crippen LogP contribution in [0.25, 0.3) is 0 Å². The maximum atomic E-state index is 12.4. The Bertz CT molecular complexity index is 704. The molecule has 26 heavy (non-hydrogen) atoms. The molecule has 2 aliphatic carbocycles. The summed E-state index contributed by atoms with van der Waals surface area (Å²) in [6.45, 7) is -1.29. The zero-order chi connectivity index (χ0) is 18.9. The molecule has 2 unspecified atom stereocenters. The molecule has 2 aliphatic rings. The third kappa shape index (κ3) is 4.94. The van der Waals surface area contributed by atoms with Crippen molar-refractivity contribution >= 4 is 11.7 Å². The molecule has 2 fully saturated rings. The Morgan fingerprint density at radius 1 is 1.35 bits per heavy atom. The standard InChI is InChI=1S/C17H20F3N3O3/c18-17(19,20)8-26-15-6-13(23-7-11(15)9-1-2-9)16(25)22-4-3-14(24)10-5-12(10)21/h6-7,9-10,12H,1-5,8,21H2,(H,22,25). The second-order valence-electron chi connectivity index (χ2n) is 6.76. The third-order valence-electron chi connectivity index (χ3n) is 4.45. The number of pyridine rings is 1. The molecule has 0 radical (unpaired) electrons. The van der Waals surface area contributed by atoms with E-state index in [4.69, 9.17) is 10.5 Å². The van der Waals surface area contributed by atoms with Gasteiger partial charge in [-0.25, -0.2) is 0 Å². The fourth-order valence-corrected chi connectivity index (χ4v) is 2.72. The van der Waals surface area contributed by atoms with Crippen molar-refractivity contribution in [1.82, 2.24) is 10.3 Å². The lowest BCUT2D eigenvalue weighted by molar-refractivity contribution is -0.153. The topological polar surface area (TPSA) is 94.3 Å². The summed E-state index contributed by atoms with van der Waals surface area (Å²) in [6, 6.07) is 1.15. The number of ketones is 1. The van der Waals surface area contributed by atoms with E-state index < -0.39 is 18.7 Å². The highest BCUT2D eigenvalue weighted by Gasteiger charge is 2.39. The van der Waals surface area contributed by atoms with Gasteiger partial charge in [-0.3, -0.25) is 14.6 Å². The van der Waals surface area contributed by atoms with E-state index in [0.717, 1.165) is 12.8 Å². The average molecular weight is 371 g/mol. The van der Waals surface area contributed by atoms with Crippen molar-refractivity contribution < 1.29 is 27.5 Å². The van der Waals surface area contributed by atoms with Crippen LogP contribution in [0.1, 0.15) is 47.7 Å². The predicted octanol–water partition coefficient (Wildman–Crippen LogP) is 1.94. The number of nitrogens with one attached hydrogen (secondary N) is 1. The number of Topliss-reactive ketones (excluding diaryl/α,β-unsaturated/α-hetero) is 1. The van der Waals surface area contributed by atoms with E-state index in [-0.39, 0.29) is 48.1 Å². The second kappa shape index (κ2) is 7.22. The maximum absolute atomic E-state index is 12.4. The fraction of sp³-hybridized carbons (Fsp3) is 0.588. The zero-order valence-electron chi connectivity index (χ0n) is 14.0. The van der Waals surface area contributed by atoms with Crippen LogP contribution in [0.5, 0.6) is 5.75 Å². The summed E-state index contributed by atoms with van der Waals surface area (Å²) in [5.41, 5.74) is 6.14. The molecular weight excluding hydrogens is 351 g/mol. The van der Waals surface area contributed by atoms with Crippen LogP contribution < -0.4 is 15.8 Å². The number of halogens is 3. The minimum atomic E-state index is -4.46. The Kier molecular flexibility index (Phi) is 5.17. The van der Waals surface area contributed by atoms with Crippen molar-refractivity contribution in [3.63, 3.8) is 0 Å². The Morgan fingerprint density at radius 3 is 2.62 bits per heavy atom. The van der Waals surface area contributed by atoms with Crippen LogP contribution >= 0.6 is 0 Å². The van der Waals surface area contributed by atoms with E-state index >= 15 is 0 Å². The first-order valence-corrected chi connectivity index (χ1v) is 8.50. The van der Waals surface area contributed by atoms with E-state index in [1.165, 1.54) is 12.3 Å². The number of hydrogen-bond donors (Lipinski definition) is 2. The van der Waals surface area contributed by atoms with E-state index in [0.29, 0.717) is 12.0 Å². The highest BCUT2D eigenvalue weighted by atomic mass is 19.4. The first-order valence-electron chi connectivity index (χ1n) is 8.50. The summed E-state index contributed by atoms with van der Waals surface area (Å²) in [5.74, 6) is -0.514. The predicted molar refractivity (Wildman–Crippen MR) is 85.8 cm³/mol. The number of ether oxygens (including phenoxy) is 1. The van der Waals surface area contributed by atoms with Crippen LogP contribution in [-0.2, 0) is 4.79 Å². The molecule has 1 aromatic heterocycles. The molecule has 3 rings (SSSR count). The molecule has 1 aromatic rings. The Morgan fingerprint density at radius 2 is 2.04 bits per heavy atom. The largest absolute Gasteiger partial charge is 0.484 e. The molecule has 0 saturated heterocycles. The number of aromatic nitrogens is 1. The van der Waals surface area contributed by atoms with Crippen molar-refractivity contribution in [3.05, 3.63) is 23.5 Å². The number of rotatable bonds is 8. The number of hydrogen-bond acceptors (Lipinski definition) is 5. The smallest absolute Gasteiger partial charge is 0.422 e. The zero-order valence-corrected chi connectivity index (χ0v) is 14.0. The molecule has 0 spiro atoms. The van der Waals surface area contributed by atoms with Gasteiger partial charge in [-0.2, -0.15) is 13.2 Å². The van der Waals surface area contributed by atoms with Crippen LogP contribution in [0.4, 0.5) is 13.2 Å². The molecule has 6 nitrogen and oxygen atoms in total. The van der Waals surface area contributed by atoms with Gasteiger partial charge in [0.05, 0.1) is 0 Å². The molecule has 142 valence electrons. The monoisotopic (exact) mass is 371 g/mol. The highest BCUT2D eigenvalue weighted by molar-refractivity contribution is 5.93. The number of amides is 1. The Hall–Kier alpha value is -2.16. The van der Waals surface area contributed by atoms with Gasteiger partial charge in [0, 0.05) is 42.8 Å². The molecule has 0 aromatic carbocycles. The SMILES string of the molecule is NC1CC1C(=O)CCNC(=O)c1cc(OCC(F)(F)F)c(C2CC2)cn1. The quantitative estimate of drug-likeness (QED) is 0.728. The van der Waals surface area contributed by atoms with Crippen LogP contribution in [-0.4, -0.2) is 42.0 Å². The summed E-state index contributed by atoms with van der Waals surface area (Å²) >= 11 is 0. The van der Waals surface area contributed by atoms with Gasteiger partial charge in [0.15, 0.2) is 6.61 Å². The van der Waals surface area contributed by atoms with E-state index in [2.05, 4.69) is 10.3 Å². The van der Waals surface area contributed by atoms with Gasteiger partial charge in [0.1, 0.15) is 17.2 Å². The van der Waals surface area contributed by atoms with E-state index in [1.807, 2.05) is 0 Å². The molecule has 0 bridgehead atoms. The number of carbonyl (C=O) groups is 2. The van der Waals surface area contributed by atoms with Crippen molar-refractivity contribution in [1.29, 1.82) is 0 Å². The van der Waals surface area contributed by atoms with Gasteiger partial charge >= 0.3 is 6.18 Å². The summed E-state index contributed by atoms with van der Waals surface area (Å²) in [4.78, 5) is 27.9. The van der Waals surface area contributed by atoms with Gasteiger partial charge in [-0.15, -0.1) is 0 Å². The fourth-order valence-electron chi connectivity index (χ4n) is 2.72. The first-order chi connectivity index (χ1) is 12.2. The lowest BCUT2D eigenvalue weighted by Gasteiger charge is -2.14. The Balaban J connectivity index is 1.59. The lowest BCUT2D eigenvalue weighted by atomic mass is 10.1. The number of nitrogens with zero attached hydrogens (tertiary/aromatic N) is 1. The van der Waals surface area contributed by atoms with Gasteiger partial charge in [0.2, 0.25) is 0 Å². The molecule has 9 heteroatoms. The van der Waals surface area contributed by atoms with Gasteiger partial charge in [0.25, 0.3) is 5.91 Å². The normalized spacial score (nSPS) is 22.0. The van der Waals surface area contributed by atoms with Crippen LogP contribution in [0.2, 0.25) is 0 Å². The summed E-state index contributed by atoms with van der Waals surface area (Å²) in [5, 5.41) is 2.55. The van der Waals surface area contributed by atoms with Crippen molar-refractivity contribution in [2.75, 3.05) is 13.2 Å². The summed E-state index contributed by atoms with van der Waals surface area (Å²) < 4.78 is 42.2. The third-order valence-corrected chi connectivity index (χ3v) is 4.45. The van der Waals surface area contributed by atoms with E-state index in [9.17, 15) is 22.8 Å². The van der Waals surface area contributed by atoms with Crippen LogP contribution in [0.15, 0.2) is 12.3 Å². The lowest BCUT2D eigenvalue weighted by Crippen LogP contribution is -2.28. The maximum Gasteiger partial charge on any atom is 0.422 e. The van der Waals surface area contributed by atoms with Crippen molar-refractivity contribution in [2.24, 2.45) is 11.7 Å². The van der Waals surface area contributed by atoms with Gasteiger partial charge < -0.3 is 15.8 Å². The van der Waals surface area contributed by atoms with E-state index in [1.54, 1.807) is 0 Å². The number of nitrogens with two attached hydrogens (primary N) is 1. The van der Waals surface area contributed by atoms with Gasteiger partial charge in [-0.1, -0.05) is 0 Å². The molecule has 1 heterocycles.